The Hall–Kier alpha value is -2.50. The van der Waals surface area contributed by atoms with Crippen molar-refractivity contribution < 1.29 is 28.7 Å². The Labute approximate surface area is 145 Å². The van der Waals surface area contributed by atoms with Crippen molar-refractivity contribution in [1.82, 2.24) is 0 Å². The van der Waals surface area contributed by atoms with Crippen LogP contribution in [0.5, 0.6) is 5.75 Å². The third-order valence-electron chi connectivity index (χ3n) is 6.38. The number of carbonyl (C=O) groups excluding carboxylic acids is 4. The lowest BCUT2D eigenvalue weighted by molar-refractivity contribution is -0.157. The van der Waals surface area contributed by atoms with E-state index < -0.39 is 39.8 Å². The summed E-state index contributed by atoms with van der Waals surface area (Å²) in [6.07, 6.45) is 0.793. The van der Waals surface area contributed by atoms with E-state index in [-0.39, 0.29) is 5.75 Å². The molecule has 132 valence electrons. The predicted octanol–water partition coefficient (Wildman–Crippen LogP) is 2.34. The first-order chi connectivity index (χ1) is 11.6. The topological polar surface area (TPSA) is 86.7 Å². The summed E-state index contributed by atoms with van der Waals surface area (Å²) >= 11 is 0. The van der Waals surface area contributed by atoms with E-state index in [1.165, 1.54) is 31.4 Å². The van der Waals surface area contributed by atoms with Crippen molar-refractivity contribution in [2.45, 2.75) is 33.6 Å². The van der Waals surface area contributed by atoms with Crippen molar-refractivity contribution in [3.05, 3.63) is 29.8 Å². The maximum atomic E-state index is 12.9. The number of rotatable bonds is 3. The molecule has 0 heterocycles. The summed E-state index contributed by atoms with van der Waals surface area (Å²) in [5.41, 5.74) is -2.77. The van der Waals surface area contributed by atoms with Gasteiger partial charge in [0.2, 0.25) is 11.6 Å². The second-order valence-electron chi connectivity index (χ2n) is 7.43. The van der Waals surface area contributed by atoms with Crippen molar-refractivity contribution in [2.24, 2.45) is 16.2 Å². The number of methoxy groups -OCH3 is 1. The summed E-state index contributed by atoms with van der Waals surface area (Å²) < 4.78 is 10.0. The number of carbonyl (C=O) groups is 4. The number of Topliss-reactive ketones (excluding diaryl/α,β-unsaturated/α-hetero) is 2. The lowest BCUT2D eigenvalue weighted by Crippen LogP contribution is -2.47. The Morgan fingerprint density at radius 2 is 1.56 bits per heavy atom. The first kappa shape index (κ1) is 17.3. The Bertz CT molecular complexity index is 791. The highest BCUT2D eigenvalue weighted by Gasteiger charge is 2.78. The molecule has 2 saturated carbocycles. The highest BCUT2D eigenvalue weighted by atomic mass is 16.5. The molecule has 0 radical (unpaired) electrons. The second kappa shape index (κ2) is 5.25. The monoisotopic (exact) mass is 344 g/mol. The number of hydrogen-bond acceptors (Lipinski definition) is 6. The third kappa shape index (κ3) is 1.97. The number of ketones is 2. The van der Waals surface area contributed by atoms with Gasteiger partial charge in [-0.1, -0.05) is 20.8 Å². The van der Waals surface area contributed by atoms with Crippen LogP contribution in [-0.2, 0) is 19.1 Å². The van der Waals surface area contributed by atoms with Gasteiger partial charge in [-0.2, -0.15) is 0 Å². The lowest BCUT2D eigenvalue weighted by Gasteiger charge is -2.36. The van der Waals surface area contributed by atoms with Crippen LogP contribution in [0.25, 0.3) is 0 Å². The molecule has 2 bridgehead atoms. The average molecular weight is 344 g/mol. The van der Waals surface area contributed by atoms with Crippen LogP contribution < -0.4 is 4.74 Å². The highest BCUT2D eigenvalue weighted by Crippen LogP contribution is 2.69. The molecule has 25 heavy (non-hydrogen) atoms. The van der Waals surface area contributed by atoms with E-state index in [0.29, 0.717) is 18.4 Å². The number of benzene rings is 1. The largest absolute Gasteiger partial charge is 0.465 e. The number of hydrogen-bond donors (Lipinski definition) is 0. The van der Waals surface area contributed by atoms with Crippen LogP contribution in [-0.4, -0.2) is 30.6 Å². The fourth-order valence-electron chi connectivity index (χ4n) is 4.19. The number of esters is 2. The van der Waals surface area contributed by atoms with E-state index in [1.807, 2.05) is 0 Å². The normalized spacial score (nSPS) is 29.6. The van der Waals surface area contributed by atoms with Gasteiger partial charge in [-0.05, 0) is 37.1 Å². The van der Waals surface area contributed by atoms with Crippen molar-refractivity contribution in [3.63, 3.8) is 0 Å². The molecule has 0 N–H and O–H groups in total. The Kier molecular flexibility index (Phi) is 3.64. The van der Waals surface area contributed by atoms with Crippen LogP contribution in [0.2, 0.25) is 0 Å². The molecule has 0 aliphatic heterocycles. The molecule has 0 aromatic heterocycles. The van der Waals surface area contributed by atoms with E-state index in [4.69, 9.17) is 4.74 Å². The molecule has 1 aromatic carbocycles. The maximum Gasteiger partial charge on any atom is 0.337 e. The van der Waals surface area contributed by atoms with Gasteiger partial charge in [-0.3, -0.25) is 14.4 Å². The summed E-state index contributed by atoms with van der Waals surface area (Å²) in [6, 6.07) is 5.86. The minimum absolute atomic E-state index is 0.212. The molecule has 2 fully saturated rings. The van der Waals surface area contributed by atoms with E-state index >= 15 is 0 Å². The van der Waals surface area contributed by atoms with Gasteiger partial charge >= 0.3 is 11.9 Å². The van der Waals surface area contributed by atoms with Crippen LogP contribution in [0.4, 0.5) is 0 Å². The predicted molar refractivity (Wildman–Crippen MR) is 87.0 cm³/mol. The summed E-state index contributed by atoms with van der Waals surface area (Å²) in [5, 5.41) is 0. The molecule has 0 spiro atoms. The molecular weight excluding hydrogens is 324 g/mol. The molecule has 6 heteroatoms. The zero-order chi connectivity index (χ0) is 18.6. The van der Waals surface area contributed by atoms with Gasteiger partial charge in [-0.25, -0.2) is 4.79 Å². The summed E-state index contributed by atoms with van der Waals surface area (Å²) in [7, 11) is 1.28. The average Bonchev–Trinajstić information content (AvgIpc) is 2.86. The van der Waals surface area contributed by atoms with Crippen LogP contribution in [0, 0.1) is 16.2 Å². The number of fused-ring (bicyclic) bond motifs is 2. The third-order valence-corrected chi connectivity index (χ3v) is 6.38. The van der Waals surface area contributed by atoms with Crippen LogP contribution in [0.15, 0.2) is 24.3 Å². The van der Waals surface area contributed by atoms with E-state index in [0.717, 1.165) is 0 Å². The van der Waals surface area contributed by atoms with Gasteiger partial charge in [-0.15, -0.1) is 0 Å². The van der Waals surface area contributed by atoms with Crippen molar-refractivity contribution >= 4 is 23.5 Å². The first-order valence-corrected chi connectivity index (χ1v) is 8.12. The smallest absolute Gasteiger partial charge is 0.337 e. The maximum absolute atomic E-state index is 12.9. The summed E-state index contributed by atoms with van der Waals surface area (Å²) in [4.78, 5) is 49.4. The van der Waals surface area contributed by atoms with Gasteiger partial charge in [0.15, 0.2) is 0 Å². The van der Waals surface area contributed by atoms with Gasteiger partial charge < -0.3 is 9.47 Å². The fraction of sp³-hybridized carbons (Fsp3) is 0.474. The van der Waals surface area contributed by atoms with Gasteiger partial charge in [0.25, 0.3) is 0 Å². The molecule has 2 unspecified atom stereocenters. The van der Waals surface area contributed by atoms with Crippen LogP contribution in [0.1, 0.15) is 44.0 Å². The minimum Gasteiger partial charge on any atom is -0.465 e. The van der Waals surface area contributed by atoms with Crippen molar-refractivity contribution in [3.8, 4) is 5.75 Å². The molecular formula is C19H20O6. The van der Waals surface area contributed by atoms with Crippen molar-refractivity contribution in [1.29, 1.82) is 0 Å². The molecule has 1 aromatic rings. The molecule has 2 aliphatic carbocycles. The zero-order valence-corrected chi connectivity index (χ0v) is 14.7. The van der Waals surface area contributed by atoms with E-state index in [2.05, 4.69) is 4.74 Å². The lowest BCUT2D eigenvalue weighted by atomic mass is 9.65. The fourth-order valence-corrected chi connectivity index (χ4v) is 4.19. The Morgan fingerprint density at radius 1 is 0.960 bits per heavy atom. The molecule has 2 atom stereocenters. The van der Waals surface area contributed by atoms with Gasteiger partial charge in [0.1, 0.15) is 11.2 Å². The van der Waals surface area contributed by atoms with E-state index in [9.17, 15) is 19.2 Å². The highest BCUT2D eigenvalue weighted by molar-refractivity contribution is 6.48. The molecule has 2 aliphatic rings. The van der Waals surface area contributed by atoms with Gasteiger partial charge in [0.05, 0.1) is 12.7 Å². The quantitative estimate of drug-likeness (QED) is 0.362. The van der Waals surface area contributed by atoms with E-state index in [1.54, 1.807) is 20.8 Å². The first-order valence-electron chi connectivity index (χ1n) is 8.12. The second-order valence-corrected chi connectivity index (χ2v) is 7.43. The van der Waals surface area contributed by atoms with Crippen LogP contribution >= 0.6 is 0 Å². The summed E-state index contributed by atoms with van der Waals surface area (Å²) in [5.74, 6) is -2.13. The SMILES string of the molecule is COC(=O)c1ccc(OC(=O)C23CCC(C)(C(=O)C2=O)C3(C)C)cc1. The van der Waals surface area contributed by atoms with Crippen molar-refractivity contribution in [2.75, 3.05) is 7.11 Å². The number of ether oxygens (including phenoxy) is 2. The Balaban J connectivity index is 1.90. The minimum atomic E-state index is -1.44. The molecule has 0 saturated heterocycles. The summed E-state index contributed by atoms with van der Waals surface area (Å²) in [6.45, 7) is 5.31. The molecule has 3 rings (SSSR count). The standard InChI is InChI=1S/C19H20O6/c1-17(2)18(3)9-10-19(17,14(21)13(18)20)16(23)25-12-7-5-11(6-8-12)15(22)24-4/h5-8H,9-10H2,1-4H3. The van der Waals surface area contributed by atoms with Gasteiger partial charge in [0, 0.05) is 10.8 Å². The van der Waals surface area contributed by atoms with Crippen LogP contribution in [0.3, 0.4) is 0 Å². The Morgan fingerprint density at radius 3 is 2.04 bits per heavy atom. The molecule has 6 nitrogen and oxygen atoms in total. The zero-order valence-electron chi connectivity index (χ0n) is 14.7. The molecule has 0 amide bonds.